The van der Waals surface area contributed by atoms with E-state index in [2.05, 4.69) is 10.3 Å². The van der Waals surface area contributed by atoms with Crippen LogP contribution in [0.3, 0.4) is 0 Å². The zero-order valence-corrected chi connectivity index (χ0v) is 9.75. The SMILES string of the molecule is CC1(C)[C@H](C(=O)O)[C@H]1C(=O)Nc1nccs1. The summed E-state index contributed by atoms with van der Waals surface area (Å²) in [7, 11) is 0. The first-order chi connectivity index (χ1) is 7.44. The molecule has 86 valence electrons. The van der Waals surface area contributed by atoms with Crippen molar-refractivity contribution in [3.05, 3.63) is 11.6 Å². The number of carboxylic acids is 1. The molecule has 1 aliphatic rings. The van der Waals surface area contributed by atoms with Gasteiger partial charge >= 0.3 is 5.97 Å². The summed E-state index contributed by atoms with van der Waals surface area (Å²) in [5.41, 5.74) is -0.465. The second kappa shape index (κ2) is 3.55. The van der Waals surface area contributed by atoms with Gasteiger partial charge in [-0.1, -0.05) is 13.8 Å². The van der Waals surface area contributed by atoms with Crippen LogP contribution in [0, 0.1) is 17.3 Å². The van der Waals surface area contributed by atoms with Gasteiger partial charge in [-0.25, -0.2) is 4.98 Å². The molecule has 0 unspecified atom stereocenters. The van der Waals surface area contributed by atoms with Crippen molar-refractivity contribution in [3.8, 4) is 0 Å². The van der Waals surface area contributed by atoms with E-state index in [-0.39, 0.29) is 5.91 Å². The van der Waals surface area contributed by atoms with Crippen molar-refractivity contribution in [2.24, 2.45) is 17.3 Å². The summed E-state index contributed by atoms with van der Waals surface area (Å²) < 4.78 is 0. The molecule has 2 atom stereocenters. The Kier molecular flexibility index (Phi) is 2.46. The Labute approximate surface area is 96.5 Å². The van der Waals surface area contributed by atoms with E-state index < -0.39 is 23.2 Å². The van der Waals surface area contributed by atoms with Crippen LogP contribution in [0.25, 0.3) is 0 Å². The first-order valence-corrected chi connectivity index (χ1v) is 5.75. The average Bonchev–Trinajstić information content (AvgIpc) is 2.58. The van der Waals surface area contributed by atoms with E-state index >= 15 is 0 Å². The fourth-order valence-corrected chi connectivity index (χ4v) is 2.59. The van der Waals surface area contributed by atoms with Crippen LogP contribution in [0.1, 0.15) is 13.8 Å². The molecular weight excluding hydrogens is 228 g/mol. The second-order valence-corrected chi connectivity index (χ2v) is 5.34. The molecule has 1 saturated carbocycles. The zero-order chi connectivity index (χ0) is 11.9. The van der Waals surface area contributed by atoms with Crippen molar-refractivity contribution in [1.29, 1.82) is 0 Å². The molecule has 0 aromatic carbocycles. The maximum Gasteiger partial charge on any atom is 0.307 e. The Hall–Kier alpha value is -1.43. The molecule has 1 aromatic heterocycles. The number of carbonyl (C=O) groups excluding carboxylic acids is 1. The minimum Gasteiger partial charge on any atom is -0.481 e. The molecule has 6 heteroatoms. The number of hydrogen-bond donors (Lipinski definition) is 2. The normalized spacial score (nSPS) is 26.1. The van der Waals surface area contributed by atoms with E-state index in [9.17, 15) is 9.59 Å². The van der Waals surface area contributed by atoms with Gasteiger partial charge in [-0.05, 0) is 5.41 Å². The number of amides is 1. The standard InChI is InChI=1S/C10H12N2O3S/c1-10(2)5(6(10)8(14)15)7(13)12-9-11-3-4-16-9/h3-6H,1-2H3,(H,14,15)(H,11,12,13)/t5-,6-/m0/s1. The van der Waals surface area contributed by atoms with Crippen LogP contribution in [0.2, 0.25) is 0 Å². The molecule has 0 saturated heterocycles. The van der Waals surface area contributed by atoms with Gasteiger partial charge in [0.25, 0.3) is 0 Å². The van der Waals surface area contributed by atoms with Crippen LogP contribution >= 0.6 is 11.3 Å². The second-order valence-electron chi connectivity index (χ2n) is 4.44. The Balaban J connectivity index is 2.05. The summed E-state index contributed by atoms with van der Waals surface area (Å²) in [4.78, 5) is 26.6. The van der Waals surface area contributed by atoms with Crippen LogP contribution in [0.5, 0.6) is 0 Å². The van der Waals surface area contributed by atoms with Crippen molar-refractivity contribution in [2.45, 2.75) is 13.8 Å². The highest BCUT2D eigenvalue weighted by Crippen LogP contribution is 2.58. The van der Waals surface area contributed by atoms with E-state index in [1.165, 1.54) is 11.3 Å². The first kappa shape index (κ1) is 11.1. The van der Waals surface area contributed by atoms with Crippen LogP contribution in [-0.2, 0) is 9.59 Å². The number of hydrogen-bond acceptors (Lipinski definition) is 4. The number of nitrogens with one attached hydrogen (secondary N) is 1. The molecule has 0 bridgehead atoms. The largest absolute Gasteiger partial charge is 0.481 e. The lowest BCUT2D eigenvalue weighted by Crippen LogP contribution is -2.17. The van der Waals surface area contributed by atoms with Crippen LogP contribution in [0.4, 0.5) is 5.13 Å². The van der Waals surface area contributed by atoms with Gasteiger partial charge < -0.3 is 10.4 Å². The van der Waals surface area contributed by atoms with Gasteiger partial charge in [0.15, 0.2) is 5.13 Å². The highest BCUT2D eigenvalue weighted by atomic mass is 32.1. The molecule has 1 fully saturated rings. The fraction of sp³-hybridized carbons (Fsp3) is 0.500. The number of carbonyl (C=O) groups is 2. The summed E-state index contributed by atoms with van der Waals surface area (Å²) in [6, 6.07) is 0. The van der Waals surface area contributed by atoms with E-state index in [1.54, 1.807) is 25.4 Å². The number of aromatic nitrogens is 1. The highest BCUT2D eigenvalue weighted by molar-refractivity contribution is 7.13. The van der Waals surface area contributed by atoms with Gasteiger partial charge in [-0.15, -0.1) is 11.3 Å². The van der Waals surface area contributed by atoms with Crippen molar-refractivity contribution in [2.75, 3.05) is 5.32 Å². The Morgan fingerprint density at radius 2 is 2.19 bits per heavy atom. The lowest BCUT2D eigenvalue weighted by atomic mass is 10.1. The molecule has 5 nitrogen and oxygen atoms in total. The lowest BCUT2D eigenvalue weighted by Gasteiger charge is -2.01. The van der Waals surface area contributed by atoms with Crippen LogP contribution in [-0.4, -0.2) is 22.0 Å². The quantitative estimate of drug-likeness (QED) is 0.837. The monoisotopic (exact) mass is 240 g/mol. The third-order valence-corrected chi connectivity index (χ3v) is 3.73. The Bertz CT molecular complexity index is 427. The van der Waals surface area contributed by atoms with E-state index in [0.717, 1.165) is 0 Å². The zero-order valence-electron chi connectivity index (χ0n) is 8.93. The van der Waals surface area contributed by atoms with Crippen molar-refractivity contribution < 1.29 is 14.7 Å². The molecule has 1 heterocycles. The average molecular weight is 240 g/mol. The van der Waals surface area contributed by atoms with Gasteiger partial charge in [0, 0.05) is 11.6 Å². The summed E-state index contributed by atoms with van der Waals surface area (Å²) in [6.07, 6.45) is 1.59. The van der Waals surface area contributed by atoms with Crippen LogP contribution < -0.4 is 5.32 Å². The molecule has 2 rings (SSSR count). The number of aliphatic carboxylic acids is 1. The molecule has 16 heavy (non-hydrogen) atoms. The molecule has 1 amide bonds. The number of rotatable bonds is 3. The van der Waals surface area contributed by atoms with E-state index in [4.69, 9.17) is 5.11 Å². The van der Waals surface area contributed by atoms with E-state index in [0.29, 0.717) is 5.13 Å². The van der Waals surface area contributed by atoms with E-state index in [1.807, 2.05) is 0 Å². The summed E-state index contributed by atoms with van der Waals surface area (Å²) >= 11 is 1.32. The van der Waals surface area contributed by atoms with Crippen LogP contribution in [0.15, 0.2) is 11.6 Å². The van der Waals surface area contributed by atoms with Gasteiger partial charge in [-0.3, -0.25) is 9.59 Å². The number of thiazole rings is 1. The summed E-state index contributed by atoms with van der Waals surface area (Å²) in [5, 5.41) is 13.8. The highest BCUT2D eigenvalue weighted by Gasteiger charge is 2.65. The Morgan fingerprint density at radius 3 is 2.62 bits per heavy atom. The Morgan fingerprint density at radius 1 is 1.50 bits per heavy atom. The lowest BCUT2D eigenvalue weighted by molar-refractivity contribution is -0.140. The molecule has 2 N–H and O–H groups in total. The maximum atomic E-state index is 11.8. The number of carboxylic acid groups (broad SMARTS) is 1. The van der Waals surface area contributed by atoms with Crippen molar-refractivity contribution >= 4 is 28.3 Å². The predicted molar refractivity (Wildman–Crippen MR) is 59.1 cm³/mol. The fourth-order valence-electron chi connectivity index (χ4n) is 2.06. The van der Waals surface area contributed by atoms with Gasteiger partial charge in [0.05, 0.1) is 11.8 Å². The van der Waals surface area contributed by atoms with Gasteiger partial charge in [0.2, 0.25) is 5.91 Å². The molecule has 0 aliphatic heterocycles. The molecular formula is C10H12N2O3S. The molecule has 0 spiro atoms. The third-order valence-electron chi connectivity index (χ3n) is 3.04. The maximum absolute atomic E-state index is 11.8. The number of anilines is 1. The summed E-state index contributed by atoms with van der Waals surface area (Å²) in [5.74, 6) is -2.22. The van der Waals surface area contributed by atoms with Crippen molar-refractivity contribution in [1.82, 2.24) is 4.98 Å². The molecule has 0 radical (unpaired) electrons. The molecule has 1 aliphatic carbocycles. The minimum absolute atomic E-state index is 0.257. The topological polar surface area (TPSA) is 79.3 Å². The molecule has 1 aromatic rings. The smallest absolute Gasteiger partial charge is 0.307 e. The first-order valence-electron chi connectivity index (χ1n) is 4.87. The van der Waals surface area contributed by atoms with Gasteiger partial charge in [-0.2, -0.15) is 0 Å². The minimum atomic E-state index is -0.913. The third kappa shape index (κ3) is 1.69. The summed E-state index contributed by atoms with van der Waals surface area (Å²) in [6.45, 7) is 3.58. The number of nitrogens with zero attached hydrogens (tertiary/aromatic N) is 1. The predicted octanol–water partition coefficient (Wildman–Crippen LogP) is 1.44. The van der Waals surface area contributed by atoms with Gasteiger partial charge in [0.1, 0.15) is 0 Å². The van der Waals surface area contributed by atoms with Crippen molar-refractivity contribution in [3.63, 3.8) is 0 Å².